The van der Waals surface area contributed by atoms with Crippen molar-refractivity contribution in [3.8, 4) is 22.8 Å². The third-order valence-electron chi connectivity index (χ3n) is 5.44. The first-order valence-corrected chi connectivity index (χ1v) is 8.96. The van der Waals surface area contributed by atoms with Crippen molar-refractivity contribution in [1.29, 1.82) is 0 Å². The van der Waals surface area contributed by atoms with Gasteiger partial charge < -0.3 is 0 Å². The summed E-state index contributed by atoms with van der Waals surface area (Å²) in [5, 5.41) is 8.66. The highest BCUT2D eigenvalue weighted by Crippen LogP contribution is 2.40. The number of alkyl halides is 3. The van der Waals surface area contributed by atoms with Gasteiger partial charge in [-0.15, -0.1) is 9.36 Å². The standard InChI is InChI=1S/C19H14F3N7/c1-11-3-5-26-13(7-11)15-9-17(18(20,21)22)25-29(15)19(26)27-6-4-23-10-16(27)14-8-12(2)24-28(14)19/h3-10H,1-2H3/q+2. The Hall–Kier alpha value is -3.56. The number of aromatic nitrogens is 7. The summed E-state index contributed by atoms with van der Waals surface area (Å²) in [4.78, 5) is 4.21. The van der Waals surface area contributed by atoms with Crippen molar-refractivity contribution in [2.24, 2.45) is 0 Å². The van der Waals surface area contributed by atoms with Gasteiger partial charge in [0.15, 0.2) is 29.5 Å². The maximum Gasteiger partial charge on any atom is 0.583 e. The third kappa shape index (κ3) is 1.81. The molecule has 0 fully saturated rings. The summed E-state index contributed by atoms with van der Waals surface area (Å²) in [6.07, 6.45) is 2.32. The van der Waals surface area contributed by atoms with Gasteiger partial charge >= 0.3 is 12.1 Å². The molecule has 0 amide bonds. The van der Waals surface area contributed by atoms with E-state index >= 15 is 0 Å². The summed E-state index contributed by atoms with van der Waals surface area (Å²) in [5.74, 6) is -1.27. The van der Waals surface area contributed by atoms with Gasteiger partial charge in [-0.05, 0) is 25.5 Å². The van der Waals surface area contributed by atoms with Crippen LogP contribution in [0.2, 0.25) is 0 Å². The van der Waals surface area contributed by atoms with E-state index < -0.39 is 17.8 Å². The van der Waals surface area contributed by atoms with Gasteiger partial charge in [0.25, 0.3) is 5.69 Å². The minimum atomic E-state index is -4.56. The van der Waals surface area contributed by atoms with Crippen LogP contribution in [-0.2, 0) is 12.1 Å². The molecule has 0 aromatic carbocycles. The van der Waals surface area contributed by atoms with Crippen LogP contribution in [0.1, 0.15) is 17.0 Å². The Balaban J connectivity index is 1.81. The lowest BCUT2D eigenvalue weighted by molar-refractivity contribution is -0.990. The Bertz CT molecular complexity index is 1330. The van der Waals surface area contributed by atoms with E-state index in [1.165, 1.54) is 4.68 Å². The van der Waals surface area contributed by atoms with E-state index in [-0.39, 0.29) is 0 Å². The molecule has 2 aliphatic rings. The SMILES string of the molecule is Cc1cc[n+]2c(c1)-c1cc(C(F)(F)F)nn1C21n2nc(C)cc2-c2cncc[n+]21. The summed E-state index contributed by atoms with van der Waals surface area (Å²) in [5.41, 5.74) is 3.25. The predicted molar refractivity (Wildman–Crippen MR) is 92.2 cm³/mol. The minimum Gasteiger partial charge on any atom is -0.251 e. The number of hydrogen-bond donors (Lipinski definition) is 0. The fourth-order valence-electron chi connectivity index (χ4n) is 4.33. The maximum atomic E-state index is 13.5. The average molecular weight is 397 g/mol. The lowest BCUT2D eigenvalue weighted by Crippen LogP contribution is -2.77. The molecule has 0 aliphatic carbocycles. The molecule has 7 nitrogen and oxygen atoms in total. The quantitative estimate of drug-likeness (QED) is 0.368. The van der Waals surface area contributed by atoms with Crippen LogP contribution in [0.5, 0.6) is 0 Å². The molecule has 10 heteroatoms. The van der Waals surface area contributed by atoms with Crippen molar-refractivity contribution in [3.05, 3.63) is 66.0 Å². The average Bonchev–Trinajstić information content (AvgIpc) is 3.37. The Labute approximate surface area is 162 Å². The number of aryl methyl sites for hydroxylation is 2. The summed E-state index contributed by atoms with van der Waals surface area (Å²) in [6, 6.07) is 6.76. The van der Waals surface area contributed by atoms with Gasteiger partial charge in [0.1, 0.15) is 6.20 Å². The second-order valence-corrected chi connectivity index (χ2v) is 7.30. The molecule has 4 aromatic heterocycles. The molecule has 29 heavy (non-hydrogen) atoms. The first-order valence-electron chi connectivity index (χ1n) is 8.96. The molecule has 6 heterocycles. The largest absolute Gasteiger partial charge is 0.583 e. The molecule has 6 rings (SSSR count). The van der Waals surface area contributed by atoms with Crippen LogP contribution in [0.25, 0.3) is 22.8 Å². The number of rotatable bonds is 0. The Morgan fingerprint density at radius 2 is 1.66 bits per heavy atom. The normalized spacial score (nSPS) is 18.7. The van der Waals surface area contributed by atoms with Crippen molar-refractivity contribution in [2.45, 2.75) is 25.9 Å². The lowest BCUT2D eigenvalue weighted by atomic mass is 10.2. The highest BCUT2D eigenvalue weighted by molar-refractivity contribution is 5.58. The second-order valence-electron chi connectivity index (χ2n) is 7.30. The van der Waals surface area contributed by atoms with Gasteiger partial charge in [0.05, 0.1) is 11.9 Å². The van der Waals surface area contributed by atoms with E-state index in [0.29, 0.717) is 11.4 Å². The number of nitrogens with zero attached hydrogens (tertiary/aromatic N) is 7. The Morgan fingerprint density at radius 3 is 2.45 bits per heavy atom. The van der Waals surface area contributed by atoms with E-state index in [0.717, 1.165) is 28.7 Å². The van der Waals surface area contributed by atoms with Gasteiger partial charge in [0.2, 0.25) is 5.69 Å². The number of hydrogen-bond acceptors (Lipinski definition) is 3. The first-order chi connectivity index (χ1) is 13.8. The summed E-state index contributed by atoms with van der Waals surface area (Å²) >= 11 is 0. The van der Waals surface area contributed by atoms with Crippen molar-refractivity contribution in [2.75, 3.05) is 0 Å². The van der Waals surface area contributed by atoms with Crippen LogP contribution in [-0.4, -0.2) is 24.5 Å². The Morgan fingerprint density at radius 1 is 0.931 bits per heavy atom. The van der Waals surface area contributed by atoms with E-state index in [1.807, 2.05) is 47.4 Å². The van der Waals surface area contributed by atoms with Crippen LogP contribution < -0.4 is 9.13 Å². The third-order valence-corrected chi connectivity index (χ3v) is 5.44. The molecule has 1 spiro atoms. The van der Waals surface area contributed by atoms with E-state index in [1.54, 1.807) is 23.3 Å². The molecule has 0 saturated heterocycles. The zero-order valence-corrected chi connectivity index (χ0v) is 15.4. The zero-order valence-electron chi connectivity index (χ0n) is 15.4. The smallest absolute Gasteiger partial charge is 0.251 e. The van der Waals surface area contributed by atoms with Crippen LogP contribution in [0.15, 0.2) is 49.1 Å². The van der Waals surface area contributed by atoms with Crippen molar-refractivity contribution in [3.63, 3.8) is 0 Å². The fraction of sp³-hybridized carbons (Fsp3) is 0.211. The fourth-order valence-corrected chi connectivity index (χ4v) is 4.33. The highest BCUT2D eigenvalue weighted by atomic mass is 19.4. The van der Waals surface area contributed by atoms with Gasteiger partial charge in [-0.2, -0.15) is 23.4 Å². The number of fused-ring (bicyclic) bond motifs is 10. The van der Waals surface area contributed by atoms with Gasteiger partial charge in [-0.3, -0.25) is 4.98 Å². The molecular formula is C19H14F3N7+2. The van der Waals surface area contributed by atoms with Crippen LogP contribution in [0, 0.1) is 13.8 Å². The highest BCUT2D eigenvalue weighted by Gasteiger charge is 2.70. The van der Waals surface area contributed by atoms with E-state index in [4.69, 9.17) is 0 Å². The molecule has 0 N–H and O–H groups in total. The summed E-state index contributed by atoms with van der Waals surface area (Å²) in [6.45, 7) is 3.75. The van der Waals surface area contributed by atoms with E-state index in [9.17, 15) is 13.2 Å². The molecule has 1 unspecified atom stereocenters. The lowest BCUT2D eigenvalue weighted by Gasteiger charge is -2.16. The summed E-state index contributed by atoms with van der Waals surface area (Å²) < 4.78 is 47.5. The van der Waals surface area contributed by atoms with E-state index in [2.05, 4.69) is 15.2 Å². The molecule has 2 aliphatic heterocycles. The Kier molecular flexibility index (Phi) is 2.76. The molecule has 0 saturated carbocycles. The van der Waals surface area contributed by atoms with Crippen molar-refractivity contribution >= 4 is 0 Å². The van der Waals surface area contributed by atoms with Crippen LogP contribution >= 0.6 is 0 Å². The molecule has 0 bridgehead atoms. The van der Waals surface area contributed by atoms with Crippen molar-refractivity contribution < 1.29 is 22.3 Å². The van der Waals surface area contributed by atoms with Gasteiger partial charge in [0, 0.05) is 18.2 Å². The zero-order chi connectivity index (χ0) is 20.1. The first kappa shape index (κ1) is 16.4. The minimum absolute atomic E-state index is 0.372. The maximum absolute atomic E-state index is 13.5. The number of pyridine rings is 1. The topological polar surface area (TPSA) is 56.3 Å². The number of halogens is 3. The monoisotopic (exact) mass is 397 g/mol. The molecule has 1 atom stereocenters. The van der Waals surface area contributed by atoms with Gasteiger partial charge in [-0.1, -0.05) is 9.13 Å². The van der Waals surface area contributed by atoms with Crippen LogP contribution in [0.4, 0.5) is 13.2 Å². The molecule has 144 valence electrons. The van der Waals surface area contributed by atoms with Crippen LogP contribution in [0.3, 0.4) is 0 Å². The molecular weight excluding hydrogens is 383 g/mol. The summed E-state index contributed by atoms with van der Waals surface area (Å²) in [7, 11) is 0. The van der Waals surface area contributed by atoms with Crippen molar-refractivity contribution in [1.82, 2.24) is 24.5 Å². The van der Waals surface area contributed by atoms with Gasteiger partial charge in [-0.25, -0.2) is 0 Å². The second kappa shape index (κ2) is 4.88. The molecule has 4 aromatic rings. The predicted octanol–water partition coefficient (Wildman–Crippen LogP) is 1.86. The molecule has 0 radical (unpaired) electrons.